The highest BCUT2D eigenvalue weighted by Gasteiger charge is 2.09. The van der Waals surface area contributed by atoms with Crippen molar-refractivity contribution in [2.75, 3.05) is 17.7 Å². The summed E-state index contributed by atoms with van der Waals surface area (Å²) < 4.78 is 6.80. The maximum absolute atomic E-state index is 12.0. The molecule has 9 nitrogen and oxygen atoms in total. The highest BCUT2D eigenvalue weighted by Crippen LogP contribution is 2.21. The van der Waals surface area contributed by atoms with Crippen LogP contribution in [0, 0.1) is 0 Å². The van der Waals surface area contributed by atoms with Gasteiger partial charge in [-0.25, -0.2) is 14.5 Å². The molecule has 0 bridgehead atoms. The van der Waals surface area contributed by atoms with Crippen LogP contribution in [0.2, 0.25) is 0 Å². The van der Waals surface area contributed by atoms with E-state index in [9.17, 15) is 9.59 Å². The quantitative estimate of drug-likeness (QED) is 0.752. The van der Waals surface area contributed by atoms with Crippen LogP contribution in [-0.4, -0.2) is 39.1 Å². The number of anilines is 2. The second kappa shape index (κ2) is 6.40. The van der Waals surface area contributed by atoms with Gasteiger partial charge in [0.15, 0.2) is 5.82 Å². The SMILES string of the molecule is COC(=O)Nc1cn(CC(=O)Nc2ccc3scnc3c2)nn1. The van der Waals surface area contributed by atoms with Crippen LogP contribution in [-0.2, 0) is 16.1 Å². The summed E-state index contributed by atoms with van der Waals surface area (Å²) in [6.45, 7) is -0.0368. The van der Waals surface area contributed by atoms with E-state index in [1.807, 2.05) is 12.1 Å². The monoisotopic (exact) mass is 332 g/mol. The van der Waals surface area contributed by atoms with Crippen LogP contribution < -0.4 is 10.6 Å². The van der Waals surface area contributed by atoms with E-state index in [1.165, 1.54) is 29.3 Å². The molecule has 2 aromatic heterocycles. The summed E-state index contributed by atoms with van der Waals surface area (Å²) in [4.78, 5) is 27.3. The Morgan fingerprint density at radius 1 is 1.35 bits per heavy atom. The molecule has 0 spiro atoms. The molecule has 3 rings (SSSR count). The molecule has 3 aromatic rings. The third-order valence-corrected chi connectivity index (χ3v) is 3.68. The van der Waals surface area contributed by atoms with Crippen LogP contribution in [0.3, 0.4) is 0 Å². The van der Waals surface area contributed by atoms with Crippen molar-refractivity contribution in [1.29, 1.82) is 0 Å². The minimum atomic E-state index is -0.655. The number of hydrogen-bond acceptors (Lipinski definition) is 7. The molecular formula is C13H12N6O3S. The molecule has 0 unspecified atom stereocenters. The van der Waals surface area contributed by atoms with Crippen LogP contribution in [0.15, 0.2) is 29.9 Å². The fourth-order valence-corrected chi connectivity index (χ4v) is 2.53. The Bertz CT molecular complexity index is 858. The minimum absolute atomic E-state index is 0.0368. The largest absolute Gasteiger partial charge is 0.453 e. The number of aromatic nitrogens is 4. The highest BCUT2D eigenvalue weighted by molar-refractivity contribution is 7.16. The molecule has 23 heavy (non-hydrogen) atoms. The Morgan fingerprint density at radius 3 is 3.04 bits per heavy atom. The van der Waals surface area contributed by atoms with E-state index in [1.54, 1.807) is 11.6 Å². The fourth-order valence-electron chi connectivity index (χ4n) is 1.87. The number of hydrogen-bond donors (Lipinski definition) is 2. The number of methoxy groups -OCH3 is 1. The maximum Gasteiger partial charge on any atom is 0.412 e. The molecule has 0 fully saturated rings. The summed E-state index contributed by atoms with van der Waals surface area (Å²) in [5.74, 6) is -0.0670. The Morgan fingerprint density at radius 2 is 2.22 bits per heavy atom. The predicted molar refractivity (Wildman–Crippen MR) is 84.3 cm³/mol. The van der Waals surface area contributed by atoms with Gasteiger partial charge in [0.05, 0.1) is 29.0 Å². The van der Waals surface area contributed by atoms with Gasteiger partial charge in [0, 0.05) is 5.69 Å². The maximum atomic E-state index is 12.0. The zero-order valence-electron chi connectivity index (χ0n) is 12.0. The van der Waals surface area contributed by atoms with Crippen molar-refractivity contribution in [2.45, 2.75) is 6.54 Å². The Kier molecular flexibility index (Phi) is 4.15. The summed E-state index contributed by atoms with van der Waals surface area (Å²) in [5.41, 5.74) is 3.24. The number of carbonyl (C=O) groups excluding carboxylic acids is 2. The molecule has 0 atom stereocenters. The average molecular weight is 332 g/mol. The van der Waals surface area contributed by atoms with Gasteiger partial charge in [-0.15, -0.1) is 16.4 Å². The molecule has 118 valence electrons. The van der Waals surface area contributed by atoms with Crippen molar-refractivity contribution >= 4 is 45.1 Å². The third-order valence-electron chi connectivity index (χ3n) is 2.87. The Balaban J connectivity index is 1.61. The number of carbonyl (C=O) groups is 2. The van der Waals surface area contributed by atoms with Gasteiger partial charge in [-0.05, 0) is 18.2 Å². The first kappa shape index (κ1) is 14.9. The number of thiazole rings is 1. The number of amides is 2. The summed E-state index contributed by atoms with van der Waals surface area (Å²) in [6, 6.07) is 5.51. The topological polar surface area (TPSA) is 111 Å². The zero-order valence-corrected chi connectivity index (χ0v) is 12.8. The Labute approximate surface area is 134 Å². The minimum Gasteiger partial charge on any atom is -0.453 e. The van der Waals surface area contributed by atoms with Gasteiger partial charge in [0.1, 0.15) is 6.54 Å². The standard InChI is InChI=1S/C13H12N6O3S/c1-22-13(21)16-11-5-19(18-17-11)6-12(20)15-8-2-3-10-9(4-8)14-7-23-10/h2-5,7H,6H2,1H3,(H,15,20)(H,16,21). The lowest BCUT2D eigenvalue weighted by atomic mass is 10.3. The van der Waals surface area contributed by atoms with E-state index >= 15 is 0 Å². The van der Waals surface area contributed by atoms with Crippen molar-refractivity contribution in [3.8, 4) is 0 Å². The fraction of sp³-hybridized carbons (Fsp3) is 0.154. The normalized spacial score (nSPS) is 10.5. The molecule has 2 amide bonds. The molecule has 0 radical (unpaired) electrons. The van der Waals surface area contributed by atoms with Gasteiger partial charge >= 0.3 is 6.09 Å². The summed E-state index contributed by atoms with van der Waals surface area (Å²) in [7, 11) is 1.24. The zero-order chi connectivity index (χ0) is 16.2. The van der Waals surface area contributed by atoms with E-state index in [2.05, 4.69) is 30.7 Å². The number of nitrogens with one attached hydrogen (secondary N) is 2. The smallest absolute Gasteiger partial charge is 0.412 e. The van der Waals surface area contributed by atoms with Crippen molar-refractivity contribution in [1.82, 2.24) is 20.0 Å². The average Bonchev–Trinajstić information content (AvgIpc) is 3.15. The molecule has 0 aliphatic heterocycles. The molecule has 10 heteroatoms. The first-order valence-electron chi connectivity index (χ1n) is 6.52. The van der Waals surface area contributed by atoms with E-state index < -0.39 is 6.09 Å². The first-order chi connectivity index (χ1) is 11.1. The van der Waals surface area contributed by atoms with Crippen molar-refractivity contribution < 1.29 is 14.3 Å². The number of rotatable bonds is 4. The van der Waals surface area contributed by atoms with Gasteiger partial charge in [0.25, 0.3) is 0 Å². The molecule has 0 aliphatic carbocycles. The molecule has 2 heterocycles. The van der Waals surface area contributed by atoms with Crippen LogP contribution in [0.25, 0.3) is 10.2 Å². The highest BCUT2D eigenvalue weighted by atomic mass is 32.1. The van der Waals surface area contributed by atoms with Crippen LogP contribution in [0.4, 0.5) is 16.3 Å². The first-order valence-corrected chi connectivity index (χ1v) is 7.40. The van der Waals surface area contributed by atoms with E-state index in [0.717, 1.165) is 10.2 Å². The van der Waals surface area contributed by atoms with E-state index in [4.69, 9.17) is 0 Å². The number of benzene rings is 1. The van der Waals surface area contributed by atoms with E-state index in [-0.39, 0.29) is 18.3 Å². The van der Waals surface area contributed by atoms with Crippen LogP contribution >= 0.6 is 11.3 Å². The van der Waals surface area contributed by atoms with Crippen molar-refractivity contribution in [2.24, 2.45) is 0 Å². The lowest BCUT2D eigenvalue weighted by Gasteiger charge is -2.04. The van der Waals surface area contributed by atoms with E-state index in [0.29, 0.717) is 5.69 Å². The van der Waals surface area contributed by atoms with Crippen molar-refractivity contribution in [3.63, 3.8) is 0 Å². The third kappa shape index (κ3) is 3.61. The van der Waals surface area contributed by atoms with Crippen LogP contribution in [0.5, 0.6) is 0 Å². The number of fused-ring (bicyclic) bond motifs is 1. The lowest BCUT2D eigenvalue weighted by Crippen LogP contribution is -2.19. The lowest BCUT2D eigenvalue weighted by molar-refractivity contribution is -0.116. The number of ether oxygens (including phenoxy) is 1. The van der Waals surface area contributed by atoms with Gasteiger partial charge in [0.2, 0.25) is 5.91 Å². The van der Waals surface area contributed by atoms with Gasteiger partial charge in [-0.3, -0.25) is 10.1 Å². The molecule has 0 saturated heterocycles. The summed E-state index contributed by atoms with van der Waals surface area (Å²) >= 11 is 1.54. The van der Waals surface area contributed by atoms with Gasteiger partial charge < -0.3 is 10.1 Å². The van der Waals surface area contributed by atoms with Gasteiger partial charge in [-0.1, -0.05) is 5.21 Å². The van der Waals surface area contributed by atoms with Gasteiger partial charge in [-0.2, -0.15) is 0 Å². The van der Waals surface area contributed by atoms with Crippen molar-refractivity contribution in [3.05, 3.63) is 29.9 Å². The predicted octanol–water partition coefficient (Wildman–Crippen LogP) is 1.70. The number of nitrogens with zero attached hydrogens (tertiary/aromatic N) is 4. The molecule has 1 aromatic carbocycles. The second-order valence-electron chi connectivity index (χ2n) is 4.50. The second-order valence-corrected chi connectivity index (χ2v) is 5.39. The van der Waals surface area contributed by atoms with Crippen LogP contribution in [0.1, 0.15) is 0 Å². The summed E-state index contributed by atoms with van der Waals surface area (Å²) in [5, 5.41) is 12.6. The molecule has 0 saturated carbocycles. The summed E-state index contributed by atoms with van der Waals surface area (Å²) in [6.07, 6.45) is 0.776. The molecule has 2 N–H and O–H groups in total. The Hall–Kier alpha value is -3.01. The molecule has 0 aliphatic rings. The molecular weight excluding hydrogens is 320 g/mol.